The second-order valence-corrected chi connectivity index (χ2v) is 4.26. The van der Waals surface area contributed by atoms with Crippen molar-refractivity contribution in [1.29, 1.82) is 0 Å². The zero-order chi connectivity index (χ0) is 12.6. The van der Waals surface area contributed by atoms with Gasteiger partial charge in [0, 0.05) is 17.8 Å². The largest absolute Gasteiger partial charge is 0.385 e. The van der Waals surface area contributed by atoms with Crippen molar-refractivity contribution >= 4 is 11.9 Å². The first-order chi connectivity index (χ1) is 8.06. The number of carbonyl (C=O) groups excluding carboxylic acids is 1. The number of nitrogens with zero attached hydrogens (tertiary/aromatic N) is 3. The van der Waals surface area contributed by atoms with Crippen LogP contribution in [-0.2, 0) is 0 Å². The highest BCUT2D eigenvalue weighted by atomic mass is 16.2. The lowest BCUT2D eigenvalue weighted by atomic mass is 10.0. The van der Waals surface area contributed by atoms with E-state index in [2.05, 4.69) is 15.2 Å². The molecule has 0 bridgehead atoms. The zero-order valence-corrected chi connectivity index (χ0v) is 10.3. The molecule has 0 fully saturated rings. The van der Waals surface area contributed by atoms with E-state index >= 15 is 0 Å². The lowest BCUT2D eigenvalue weighted by Gasteiger charge is -2.24. The Morgan fingerprint density at radius 1 is 1.47 bits per heavy atom. The summed E-state index contributed by atoms with van der Waals surface area (Å²) in [5.74, 6) is 0.357. The number of aryl methyl sites for hydroxylation is 2. The molecule has 2 rings (SSSR count). The smallest absolute Gasteiger partial charge is 0.346 e. The lowest BCUT2D eigenvalue weighted by molar-refractivity contribution is 0.206. The molecule has 1 aromatic heterocycles. The molecule has 0 saturated carbocycles. The van der Waals surface area contributed by atoms with Gasteiger partial charge in [-0.15, -0.1) is 0 Å². The van der Waals surface area contributed by atoms with Crippen LogP contribution in [-0.4, -0.2) is 33.5 Å². The minimum absolute atomic E-state index is 0.255. The van der Waals surface area contributed by atoms with E-state index < -0.39 is 0 Å². The van der Waals surface area contributed by atoms with E-state index in [9.17, 15) is 4.79 Å². The quantitative estimate of drug-likeness (QED) is 0.827. The van der Waals surface area contributed by atoms with Gasteiger partial charge in [-0.25, -0.2) is 4.79 Å². The SMILES string of the molecule is CCCN1C(=O)N=C(N)C1c1c(C)n[nH]c1C. The van der Waals surface area contributed by atoms with Crippen molar-refractivity contribution in [1.82, 2.24) is 15.1 Å². The van der Waals surface area contributed by atoms with Crippen LogP contribution in [0.3, 0.4) is 0 Å². The molecule has 0 radical (unpaired) electrons. The molecule has 2 heterocycles. The van der Waals surface area contributed by atoms with E-state index in [1.165, 1.54) is 0 Å². The maximum absolute atomic E-state index is 11.7. The summed E-state index contributed by atoms with van der Waals surface area (Å²) in [6, 6.07) is -0.518. The molecule has 2 amide bonds. The molecule has 1 atom stereocenters. The predicted octanol–water partition coefficient (Wildman–Crippen LogP) is 1.27. The summed E-state index contributed by atoms with van der Waals surface area (Å²) in [6.07, 6.45) is 0.876. The molecule has 1 unspecified atom stereocenters. The Bertz CT molecular complexity index is 457. The molecular formula is C11H17N5O. The fourth-order valence-electron chi connectivity index (χ4n) is 2.24. The van der Waals surface area contributed by atoms with Gasteiger partial charge in [-0.05, 0) is 20.3 Å². The minimum Gasteiger partial charge on any atom is -0.385 e. The van der Waals surface area contributed by atoms with Crippen LogP contribution in [0.1, 0.15) is 36.3 Å². The highest BCUT2D eigenvalue weighted by Gasteiger charge is 2.36. The van der Waals surface area contributed by atoms with E-state index in [4.69, 9.17) is 5.73 Å². The second kappa shape index (κ2) is 4.20. The third kappa shape index (κ3) is 1.79. The summed E-state index contributed by atoms with van der Waals surface area (Å²) < 4.78 is 0. The standard InChI is InChI=1S/C11H17N5O/c1-4-5-16-9(10(12)13-11(16)17)8-6(2)14-15-7(8)3/h9H,4-5H2,1-3H3,(H,14,15)(H2,12,13,17). The number of aliphatic imine (C=N–C) groups is 1. The highest BCUT2D eigenvalue weighted by Crippen LogP contribution is 2.30. The van der Waals surface area contributed by atoms with E-state index in [1.54, 1.807) is 4.90 Å². The number of carbonyl (C=O) groups is 1. The summed E-state index contributed by atoms with van der Waals surface area (Å²) in [5.41, 5.74) is 8.62. The zero-order valence-electron chi connectivity index (χ0n) is 10.3. The first-order valence-electron chi connectivity index (χ1n) is 5.72. The summed E-state index contributed by atoms with van der Waals surface area (Å²) in [7, 11) is 0. The van der Waals surface area contributed by atoms with Crippen molar-refractivity contribution in [2.45, 2.75) is 33.2 Å². The van der Waals surface area contributed by atoms with Crippen molar-refractivity contribution in [3.63, 3.8) is 0 Å². The molecule has 0 aromatic carbocycles. The van der Waals surface area contributed by atoms with Gasteiger partial charge in [0.05, 0.1) is 5.69 Å². The Morgan fingerprint density at radius 3 is 2.71 bits per heavy atom. The lowest BCUT2D eigenvalue weighted by Crippen LogP contribution is -2.34. The van der Waals surface area contributed by atoms with Crippen molar-refractivity contribution < 1.29 is 4.79 Å². The fourth-order valence-corrected chi connectivity index (χ4v) is 2.24. The molecule has 0 aliphatic carbocycles. The van der Waals surface area contributed by atoms with Crippen LogP contribution in [0, 0.1) is 13.8 Å². The molecule has 1 aliphatic heterocycles. The molecule has 0 spiro atoms. The summed E-state index contributed by atoms with van der Waals surface area (Å²) in [4.78, 5) is 17.3. The molecular weight excluding hydrogens is 218 g/mol. The van der Waals surface area contributed by atoms with Gasteiger partial charge in [0.25, 0.3) is 0 Å². The van der Waals surface area contributed by atoms with Gasteiger partial charge >= 0.3 is 6.03 Å². The van der Waals surface area contributed by atoms with E-state index in [0.29, 0.717) is 12.4 Å². The van der Waals surface area contributed by atoms with Gasteiger partial charge in [0.2, 0.25) is 0 Å². The average molecular weight is 235 g/mol. The van der Waals surface area contributed by atoms with Gasteiger partial charge in [-0.1, -0.05) is 6.92 Å². The van der Waals surface area contributed by atoms with Crippen molar-refractivity contribution in [2.75, 3.05) is 6.54 Å². The van der Waals surface area contributed by atoms with Crippen LogP contribution >= 0.6 is 0 Å². The van der Waals surface area contributed by atoms with Crippen molar-refractivity contribution in [3.05, 3.63) is 17.0 Å². The van der Waals surface area contributed by atoms with E-state index in [1.807, 2.05) is 20.8 Å². The van der Waals surface area contributed by atoms with Gasteiger partial charge in [-0.2, -0.15) is 10.1 Å². The first kappa shape index (κ1) is 11.6. The van der Waals surface area contributed by atoms with Gasteiger partial charge in [0.1, 0.15) is 11.9 Å². The van der Waals surface area contributed by atoms with Crippen LogP contribution in [0.15, 0.2) is 4.99 Å². The number of urea groups is 1. The van der Waals surface area contributed by atoms with Crippen molar-refractivity contribution in [3.8, 4) is 0 Å². The van der Waals surface area contributed by atoms with Crippen LogP contribution in [0.4, 0.5) is 4.79 Å². The normalized spacial score (nSPS) is 19.9. The van der Waals surface area contributed by atoms with Crippen molar-refractivity contribution in [2.24, 2.45) is 10.7 Å². The number of nitrogens with one attached hydrogen (secondary N) is 1. The molecule has 1 aromatic rings. The van der Waals surface area contributed by atoms with Gasteiger partial charge in [0.15, 0.2) is 0 Å². The summed E-state index contributed by atoms with van der Waals surface area (Å²) in [5, 5.41) is 7.05. The van der Waals surface area contributed by atoms with Crippen LogP contribution in [0.5, 0.6) is 0 Å². The maximum atomic E-state index is 11.7. The molecule has 92 valence electrons. The summed E-state index contributed by atoms with van der Waals surface area (Å²) in [6.45, 7) is 6.50. The molecule has 1 aliphatic rings. The number of nitrogens with two attached hydrogens (primary N) is 1. The monoisotopic (exact) mass is 235 g/mol. The minimum atomic E-state index is -0.263. The third-order valence-electron chi connectivity index (χ3n) is 2.99. The Kier molecular flexibility index (Phi) is 2.87. The first-order valence-corrected chi connectivity index (χ1v) is 5.72. The predicted molar refractivity (Wildman–Crippen MR) is 64.8 cm³/mol. The molecule has 0 saturated heterocycles. The Balaban J connectivity index is 2.42. The number of H-pyrrole nitrogens is 1. The Labute approximate surface area is 99.9 Å². The number of amidine groups is 1. The summed E-state index contributed by atoms with van der Waals surface area (Å²) >= 11 is 0. The highest BCUT2D eigenvalue weighted by molar-refractivity contribution is 6.03. The number of aromatic nitrogens is 2. The Morgan fingerprint density at radius 2 is 2.18 bits per heavy atom. The molecule has 3 N–H and O–H groups in total. The van der Waals surface area contributed by atoms with Gasteiger partial charge < -0.3 is 10.6 Å². The molecule has 6 heteroatoms. The topological polar surface area (TPSA) is 87.4 Å². The number of hydrogen-bond donors (Lipinski definition) is 2. The number of hydrogen-bond acceptors (Lipinski definition) is 3. The maximum Gasteiger partial charge on any atom is 0.346 e. The Hall–Kier alpha value is -1.85. The van der Waals surface area contributed by atoms with Crippen LogP contribution < -0.4 is 5.73 Å². The number of rotatable bonds is 3. The molecule has 6 nitrogen and oxygen atoms in total. The van der Waals surface area contributed by atoms with Crippen LogP contribution in [0.2, 0.25) is 0 Å². The number of aromatic amines is 1. The molecule has 17 heavy (non-hydrogen) atoms. The van der Waals surface area contributed by atoms with Crippen LogP contribution in [0.25, 0.3) is 0 Å². The van der Waals surface area contributed by atoms with E-state index in [0.717, 1.165) is 23.4 Å². The number of amides is 2. The van der Waals surface area contributed by atoms with E-state index in [-0.39, 0.29) is 12.1 Å². The average Bonchev–Trinajstić information content (AvgIpc) is 2.71. The fraction of sp³-hybridized carbons (Fsp3) is 0.545. The second-order valence-electron chi connectivity index (χ2n) is 4.26. The third-order valence-corrected chi connectivity index (χ3v) is 2.99. The van der Waals surface area contributed by atoms with Gasteiger partial charge in [-0.3, -0.25) is 5.10 Å².